The molecule has 0 bridgehead atoms. The lowest BCUT2D eigenvalue weighted by atomic mass is 10.1. The molecule has 0 radical (unpaired) electrons. The van der Waals surface area contributed by atoms with Crippen molar-refractivity contribution >= 4 is 17.9 Å². The van der Waals surface area contributed by atoms with Gasteiger partial charge < -0.3 is 28.5 Å². The Morgan fingerprint density at radius 2 is 0.722 bits per heavy atom. The fourth-order valence-electron chi connectivity index (χ4n) is 8.35. The van der Waals surface area contributed by atoms with E-state index in [1.165, 1.54) is 96.3 Å². The quantitative estimate of drug-likeness (QED) is 0.0211. The molecule has 0 saturated heterocycles. The second-order valence-corrected chi connectivity index (χ2v) is 22.0. The first-order valence-electron chi connectivity index (χ1n) is 31.7. The maximum absolute atomic E-state index is 12.9. The normalized spacial score (nSPS) is 13.6. The number of hydrogen-bond donors (Lipinski definition) is 1. The number of quaternary nitrogens is 1. The summed E-state index contributed by atoms with van der Waals surface area (Å²) in [6.07, 6.45) is 81.3. The second kappa shape index (κ2) is 59.8. The number of carbonyl (C=O) groups excluding carboxylic acids is 2. The topological polar surface area (TPSA) is 108 Å². The van der Waals surface area contributed by atoms with Crippen molar-refractivity contribution in [1.82, 2.24) is 0 Å². The molecule has 2 atom stereocenters. The molecule has 79 heavy (non-hydrogen) atoms. The number of carbonyl (C=O) groups is 3. The van der Waals surface area contributed by atoms with Gasteiger partial charge in [0.25, 0.3) is 6.29 Å². The molecule has 9 heteroatoms. The van der Waals surface area contributed by atoms with Crippen LogP contribution in [0.4, 0.5) is 0 Å². The largest absolute Gasteiger partial charge is 0.477 e. The average molecular weight is 1100 g/mol. The van der Waals surface area contributed by atoms with Gasteiger partial charge in [-0.1, -0.05) is 245 Å². The van der Waals surface area contributed by atoms with Crippen LogP contribution in [0.25, 0.3) is 0 Å². The molecule has 450 valence electrons. The number of rotatable bonds is 57. The summed E-state index contributed by atoms with van der Waals surface area (Å²) in [4.78, 5) is 37.5. The highest BCUT2D eigenvalue weighted by Crippen LogP contribution is 2.15. The first kappa shape index (κ1) is 74.7. The molecular formula is C70H118NO8+. The molecule has 0 heterocycles. The Morgan fingerprint density at radius 1 is 0.392 bits per heavy atom. The van der Waals surface area contributed by atoms with Crippen LogP contribution in [0.2, 0.25) is 0 Å². The van der Waals surface area contributed by atoms with Gasteiger partial charge in [0.15, 0.2) is 6.10 Å². The van der Waals surface area contributed by atoms with Crippen molar-refractivity contribution in [3.63, 3.8) is 0 Å². The van der Waals surface area contributed by atoms with Crippen molar-refractivity contribution < 1.29 is 42.9 Å². The van der Waals surface area contributed by atoms with Crippen LogP contribution in [0.1, 0.15) is 245 Å². The molecular weight excluding hydrogens is 983 g/mol. The number of carboxylic acid groups (broad SMARTS) is 1. The zero-order valence-electron chi connectivity index (χ0n) is 51.2. The van der Waals surface area contributed by atoms with E-state index in [1.54, 1.807) is 0 Å². The molecule has 0 rings (SSSR count). The Morgan fingerprint density at radius 3 is 1.08 bits per heavy atom. The van der Waals surface area contributed by atoms with Crippen LogP contribution in [0, 0.1) is 0 Å². The van der Waals surface area contributed by atoms with E-state index in [0.717, 1.165) is 116 Å². The van der Waals surface area contributed by atoms with Crippen molar-refractivity contribution in [2.24, 2.45) is 0 Å². The summed E-state index contributed by atoms with van der Waals surface area (Å²) in [5, 5.41) is 9.73. The molecule has 0 aliphatic carbocycles. The van der Waals surface area contributed by atoms with Crippen molar-refractivity contribution in [1.29, 1.82) is 0 Å². The standard InChI is InChI=1S/C70H117NO8/c1-6-8-10-12-14-16-18-20-22-24-26-28-30-31-32-33-34-35-36-37-39-41-43-45-47-49-51-53-55-57-59-61-68(73)79-66(65-78-70(69(74)75)76-63-62-71(3,4)5)64-77-67(72)60-58-56-54-52-50-48-46-44-42-40-38-29-27-25-23-21-19-17-15-13-11-9-7-2/h8,10,14,16,19-22,25-28,31-32,34-35,37-40,66,70H,6-7,9,11-13,15,17-18,23-24,29-30,33,36,41-65H2,1-5H3/p+1/b10-8-,16-14-,21-19-,22-20-,27-25-,28-26-,32-31-,35-34-,39-37-,40-38-. The van der Waals surface area contributed by atoms with E-state index in [-0.39, 0.29) is 38.6 Å². The van der Waals surface area contributed by atoms with Gasteiger partial charge in [-0.2, -0.15) is 0 Å². The summed E-state index contributed by atoms with van der Waals surface area (Å²) < 4.78 is 22.9. The second-order valence-electron chi connectivity index (χ2n) is 22.0. The molecule has 0 amide bonds. The number of unbranched alkanes of at least 4 members (excludes halogenated alkanes) is 22. The molecule has 0 fully saturated rings. The van der Waals surface area contributed by atoms with Gasteiger partial charge in [-0.3, -0.25) is 9.59 Å². The Hall–Kier alpha value is -4.31. The highest BCUT2D eigenvalue weighted by atomic mass is 16.7. The fraction of sp³-hybridized carbons (Fsp3) is 0.671. The summed E-state index contributed by atoms with van der Waals surface area (Å²) >= 11 is 0. The van der Waals surface area contributed by atoms with E-state index in [0.29, 0.717) is 17.4 Å². The summed E-state index contributed by atoms with van der Waals surface area (Å²) in [7, 11) is 5.96. The van der Waals surface area contributed by atoms with Crippen molar-refractivity contribution in [2.75, 3.05) is 47.5 Å². The van der Waals surface area contributed by atoms with Gasteiger partial charge in [0.2, 0.25) is 0 Å². The summed E-state index contributed by atoms with van der Waals surface area (Å²) in [6, 6.07) is 0. The molecule has 0 aromatic heterocycles. The Kier molecular flexibility index (Phi) is 56.5. The van der Waals surface area contributed by atoms with Crippen LogP contribution in [-0.2, 0) is 33.3 Å². The molecule has 0 spiro atoms. The lowest BCUT2D eigenvalue weighted by molar-refractivity contribution is -0.870. The predicted octanol–water partition coefficient (Wildman–Crippen LogP) is 19.2. The lowest BCUT2D eigenvalue weighted by Gasteiger charge is -2.25. The van der Waals surface area contributed by atoms with E-state index < -0.39 is 24.3 Å². The van der Waals surface area contributed by atoms with Gasteiger partial charge in [0.05, 0.1) is 34.4 Å². The van der Waals surface area contributed by atoms with Gasteiger partial charge >= 0.3 is 17.9 Å². The smallest absolute Gasteiger partial charge is 0.361 e. The van der Waals surface area contributed by atoms with Crippen molar-refractivity contribution in [3.8, 4) is 0 Å². The Balaban J connectivity index is 4.26. The molecule has 0 saturated carbocycles. The Bertz CT molecular complexity index is 1710. The Labute approximate surface area is 485 Å². The van der Waals surface area contributed by atoms with E-state index in [2.05, 4.69) is 135 Å². The van der Waals surface area contributed by atoms with Crippen LogP contribution in [0.5, 0.6) is 0 Å². The van der Waals surface area contributed by atoms with Crippen LogP contribution in [0.3, 0.4) is 0 Å². The molecule has 0 aromatic rings. The minimum atomic E-state index is -1.52. The molecule has 0 aliphatic rings. The number of aliphatic carboxylic acids is 1. The van der Waals surface area contributed by atoms with E-state index >= 15 is 0 Å². The van der Waals surface area contributed by atoms with Gasteiger partial charge in [-0.15, -0.1) is 0 Å². The first-order valence-corrected chi connectivity index (χ1v) is 31.7. The van der Waals surface area contributed by atoms with Crippen LogP contribution < -0.4 is 0 Å². The lowest BCUT2D eigenvalue weighted by Crippen LogP contribution is -2.40. The number of nitrogens with zero attached hydrogens (tertiary/aromatic N) is 1. The number of hydrogen-bond acceptors (Lipinski definition) is 7. The zero-order chi connectivity index (χ0) is 57.6. The number of allylic oxidation sites excluding steroid dienone is 20. The van der Waals surface area contributed by atoms with Crippen LogP contribution >= 0.6 is 0 Å². The van der Waals surface area contributed by atoms with Gasteiger partial charge in [0, 0.05) is 12.8 Å². The maximum Gasteiger partial charge on any atom is 0.361 e. The highest BCUT2D eigenvalue weighted by molar-refractivity contribution is 5.71. The number of likely N-dealkylation sites (N-methyl/N-ethyl adjacent to an activating group) is 1. The van der Waals surface area contributed by atoms with Gasteiger partial charge in [0.1, 0.15) is 13.2 Å². The zero-order valence-corrected chi connectivity index (χ0v) is 51.2. The molecule has 1 N–H and O–H groups in total. The highest BCUT2D eigenvalue weighted by Gasteiger charge is 2.25. The summed E-state index contributed by atoms with van der Waals surface area (Å²) in [6.45, 7) is 4.73. The minimum Gasteiger partial charge on any atom is -0.477 e. The van der Waals surface area contributed by atoms with E-state index in [1.807, 2.05) is 21.1 Å². The van der Waals surface area contributed by atoms with Crippen LogP contribution in [0.15, 0.2) is 122 Å². The van der Waals surface area contributed by atoms with Gasteiger partial charge in [-0.05, 0) is 109 Å². The molecule has 0 aliphatic heterocycles. The minimum absolute atomic E-state index is 0.179. The van der Waals surface area contributed by atoms with Crippen molar-refractivity contribution in [2.45, 2.75) is 257 Å². The summed E-state index contributed by atoms with van der Waals surface area (Å²) in [5.41, 5.74) is 0. The monoisotopic (exact) mass is 1100 g/mol. The van der Waals surface area contributed by atoms with Crippen molar-refractivity contribution in [3.05, 3.63) is 122 Å². The SMILES string of the molecule is CC/C=C\C/C=C\C/C=C\C/C=C\C/C=C\C/C=C\C/C=C\CCCCCCCCCCCC(=O)OC(COC(=O)CCCCCCCCCC/C=C\C/C=C\C/C=C\CCCCCCC)COC(OCC[N+](C)(C)C)C(=O)O. The van der Waals surface area contributed by atoms with Gasteiger partial charge in [-0.25, -0.2) is 4.79 Å². The predicted molar refractivity (Wildman–Crippen MR) is 336 cm³/mol. The number of esters is 2. The summed E-state index contributed by atoms with van der Waals surface area (Å²) in [5.74, 6) is -2.03. The third-order valence-corrected chi connectivity index (χ3v) is 13.2. The molecule has 9 nitrogen and oxygen atoms in total. The third kappa shape index (κ3) is 61.2. The van der Waals surface area contributed by atoms with E-state index in [4.69, 9.17) is 18.9 Å². The fourth-order valence-corrected chi connectivity index (χ4v) is 8.35. The maximum atomic E-state index is 12.9. The first-order chi connectivity index (χ1) is 38.6. The number of carboxylic acids is 1. The molecule has 2 unspecified atom stereocenters. The molecule has 0 aromatic carbocycles. The van der Waals surface area contributed by atoms with E-state index in [9.17, 15) is 19.5 Å². The average Bonchev–Trinajstić information content (AvgIpc) is 3.42. The third-order valence-electron chi connectivity index (χ3n) is 13.2. The number of ether oxygens (including phenoxy) is 4. The van der Waals surface area contributed by atoms with Crippen LogP contribution in [-0.4, -0.2) is 87.4 Å².